The van der Waals surface area contributed by atoms with Crippen molar-refractivity contribution >= 4 is 22.4 Å². The number of nitrogens with one attached hydrogen (secondary N) is 1. The molecule has 0 spiro atoms. The minimum atomic E-state index is -0.273. The normalized spacial score (nSPS) is 11.0. The predicted octanol–water partition coefficient (Wildman–Crippen LogP) is 4.19. The molecule has 0 aliphatic carbocycles. The lowest BCUT2D eigenvalue weighted by Crippen LogP contribution is -2.13. The van der Waals surface area contributed by atoms with E-state index in [9.17, 15) is 4.79 Å². The molecule has 0 saturated carbocycles. The number of benzene rings is 1. The summed E-state index contributed by atoms with van der Waals surface area (Å²) in [6, 6.07) is 11.5. The smallest absolute Gasteiger partial charge is 0.278 e. The van der Waals surface area contributed by atoms with Crippen molar-refractivity contribution < 1.29 is 4.79 Å². The Bertz CT molecular complexity index is 851. The molecule has 0 unspecified atom stereocenters. The number of para-hydroxylation sites is 1. The summed E-state index contributed by atoms with van der Waals surface area (Å²) in [7, 11) is 0. The highest BCUT2D eigenvalue weighted by Gasteiger charge is 2.17. The van der Waals surface area contributed by atoms with Gasteiger partial charge in [0.2, 0.25) is 5.13 Å². The molecule has 1 aromatic carbocycles. The van der Waals surface area contributed by atoms with E-state index in [1.807, 2.05) is 37.3 Å². The second-order valence-electron chi connectivity index (χ2n) is 5.83. The summed E-state index contributed by atoms with van der Waals surface area (Å²) in [6.45, 7) is 6.19. The summed E-state index contributed by atoms with van der Waals surface area (Å²) in [6.07, 6.45) is 2.03. The summed E-state index contributed by atoms with van der Waals surface area (Å²) in [5.41, 5.74) is 2.18. The molecule has 1 N–H and O–H groups in total. The van der Waals surface area contributed by atoms with Crippen molar-refractivity contribution in [3.8, 4) is 5.69 Å². The van der Waals surface area contributed by atoms with Gasteiger partial charge in [0, 0.05) is 11.6 Å². The molecule has 0 atom stereocenters. The van der Waals surface area contributed by atoms with E-state index in [1.165, 1.54) is 11.3 Å². The van der Waals surface area contributed by atoms with Gasteiger partial charge in [-0.05, 0) is 38.0 Å². The molecule has 1 amide bonds. The van der Waals surface area contributed by atoms with Gasteiger partial charge in [-0.25, -0.2) is 4.68 Å². The Morgan fingerprint density at radius 3 is 2.60 bits per heavy atom. The molecule has 0 saturated heterocycles. The second-order valence-corrected chi connectivity index (χ2v) is 6.84. The molecule has 3 aromatic rings. The minimum absolute atomic E-state index is 0.273. The van der Waals surface area contributed by atoms with Gasteiger partial charge in [0.05, 0.1) is 5.69 Å². The summed E-state index contributed by atoms with van der Waals surface area (Å²) >= 11 is 1.43. The first-order valence-corrected chi connectivity index (χ1v) is 9.20. The van der Waals surface area contributed by atoms with Crippen LogP contribution in [0.15, 0.2) is 36.4 Å². The Labute approximate surface area is 150 Å². The number of carbonyl (C=O) groups excluding carboxylic acids is 1. The van der Waals surface area contributed by atoms with E-state index in [4.69, 9.17) is 0 Å². The molecule has 0 fully saturated rings. The molecular weight excluding hydrogens is 334 g/mol. The van der Waals surface area contributed by atoms with E-state index in [-0.39, 0.29) is 5.91 Å². The lowest BCUT2D eigenvalue weighted by atomic mass is 10.1. The van der Waals surface area contributed by atoms with Crippen LogP contribution in [0, 0.1) is 6.92 Å². The highest BCUT2D eigenvalue weighted by molar-refractivity contribution is 7.15. The van der Waals surface area contributed by atoms with Gasteiger partial charge >= 0.3 is 0 Å². The maximum atomic E-state index is 12.5. The molecule has 25 heavy (non-hydrogen) atoms. The molecule has 6 nitrogen and oxygen atoms in total. The first-order valence-electron chi connectivity index (χ1n) is 8.39. The van der Waals surface area contributed by atoms with Crippen LogP contribution in [0.4, 0.5) is 5.13 Å². The number of anilines is 1. The van der Waals surface area contributed by atoms with E-state index in [0.717, 1.165) is 29.2 Å². The Kier molecular flexibility index (Phi) is 5.23. The molecule has 0 aliphatic rings. The van der Waals surface area contributed by atoms with E-state index in [1.54, 1.807) is 10.7 Å². The second kappa shape index (κ2) is 7.57. The third kappa shape index (κ3) is 3.76. The van der Waals surface area contributed by atoms with Gasteiger partial charge < -0.3 is 0 Å². The first-order chi connectivity index (χ1) is 12.1. The zero-order valence-corrected chi connectivity index (χ0v) is 15.4. The maximum Gasteiger partial charge on any atom is 0.278 e. The number of aromatic nitrogens is 4. The predicted molar refractivity (Wildman–Crippen MR) is 99.5 cm³/mol. The van der Waals surface area contributed by atoms with E-state index in [2.05, 4.69) is 34.5 Å². The highest BCUT2D eigenvalue weighted by atomic mass is 32.1. The number of carbonyl (C=O) groups is 1. The van der Waals surface area contributed by atoms with Crippen LogP contribution in [-0.4, -0.2) is 25.9 Å². The zero-order valence-electron chi connectivity index (χ0n) is 14.6. The number of nitrogens with zero attached hydrogens (tertiary/aromatic N) is 4. The maximum absolute atomic E-state index is 12.5. The standard InChI is InChI=1S/C18H21N5OS/c1-4-13(5-2)17-20-21-18(25-17)19-16(24)15-11-12(3)23(22-15)14-9-7-6-8-10-14/h6-11,13H,4-5H2,1-3H3,(H,19,21,24). The molecule has 0 aliphatic heterocycles. The first kappa shape index (κ1) is 17.3. The molecule has 0 bridgehead atoms. The van der Waals surface area contributed by atoms with E-state index in [0.29, 0.717) is 16.7 Å². The molecule has 2 aromatic heterocycles. The third-order valence-electron chi connectivity index (χ3n) is 4.12. The number of rotatable bonds is 6. The fourth-order valence-corrected chi connectivity index (χ4v) is 3.67. The summed E-state index contributed by atoms with van der Waals surface area (Å²) in [5, 5.41) is 17.0. The van der Waals surface area contributed by atoms with E-state index >= 15 is 0 Å². The van der Waals surface area contributed by atoms with Crippen LogP contribution >= 0.6 is 11.3 Å². The zero-order chi connectivity index (χ0) is 17.8. The monoisotopic (exact) mass is 355 g/mol. The van der Waals surface area contributed by atoms with Gasteiger partial charge in [0.25, 0.3) is 5.91 Å². The lowest BCUT2D eigenvalue weighted by molar-refractivity contribution is 0.102. The molecule has 2 heterocycles. The average Bonchev–Trinajstić information content (AvgIpc) is 3.24. The van der Waals surface area contributed by atoms with Crippen molar-refractivity contribution in [3.63, 3.8) is 0 Å². The molecule has 0 radical (unpaired) electrons. The van der Waals surface area contributed by atoms with Crippen LogP contribution in [0.5, 0.6) is 0 Å². The topological polar surface area (TPSA) is 72.7 Å². The van der Waals surface area contributed by atoms with Crippen LogP contribution in [0.25, 0.3) is 5.69 Å². The molecule has 130 valence electrons. The van der Waals surface area contributed by atoms with Crippen LogP contribution < -0.4 is 5.32 Å². The Morgan fingerprint density at radius 2 is 1.92 bits per heavy atom. The van der Waals surface area contributed by atoms with Gasteiger partial charge in [-0.15, -0.1) is 10.2 Å². The van der Waals surface area contributed by atoms with Gasteiger partial charge in [-0.3, -0.25) is 10.1 Å². The number of aryl methyl sites for hydroxylation is 1. The number of amides is 1. The van der Waals surface area contributed by atoms with Crippen molar-refractivity contribution in [2.24, 2.45) is 0 Å². The number of hydrogen-bond donors (Lipinski definition) is 1. The fraction of sp³-hybridized carbons (Fsp3) is 0.333. The van der Waals surface area contributed by atoms with Crippen LogP contribution in [0.1, 0.15) is 53.8 Å². The average molecular weight is 355 g/mol. The Morgan fingerprint density at radius 1 is 1.20 bits per heavy atom. The Hall–Kier alpha value is -2.54. The van der Waals surface area contributed by atoms with Crippen LogP contribution in [0.3, 0.4) is 0 Å². The van der Waals surface area contributed by atoms with Gasteiger partial charge in [-0.1, -0.05) is 43.4 Å². The van der Waals surface area contributed by atoms with Crippen molar-refractivity contribution in [2.45, 2.75) is 39.5 Å². The minimum Gasteiger partial charge on any atom is -0.295 e. The Balaban J connectivity index is 1.76. The third-order valence-corrected chi connectivity index (χ3v) is 5.12. The lowest BCUT2D eigenvalue weighted by Gasteiger charge is -2.05. The van der Waals surface area contributed by atoms with Gasteiger partial charge in [0.1, 0.15) is 5.01 Å². The van der Waals surface area contributed by atoms with Crippen LogP contribution in [-0.2, 0) is 0 Å². The number of hydrogen-bond acceptors (Lipinski definition) is 5. The van der Waals surface area contributed by atoms with Crippen molar-refractivity contribution in [1.29, 1.82) is 0 Å². The molecular formula is C18H21N5OS. The SMILES string of the molecule is CCC(CC)c1nnc(NC(=O)c2cc(C)n(-c3ccccc3)n2)s1. The van der Waals surface area contributed by atoms with Crippen LogP contribution in [0.2, 0.25) is 0 Å². The highest BCUT2D eigenvalue weighted by Crippen LogP contribution is 2.28. The summed E-state index contributed by atoms with van der Waals surface area (Å²) < 4.78 is 1.75. The van der Waals surface area contributed by atoms with E-state index < -0.39 is 0 Å². The van der Waals surface area contributed by atoms with Gasteiger partial charge in [0.15, 0.2) is 5.69 Å². The molecule has 3 rings (SSSR count). The summed E-state index contributed by atoms with van der Waals surface area (Å²) in [5.74, 6) is 0.118. The van der Waals surface area contributed by atoms with Crippen molar-refractivity contribution in [3.05, 3.63) is 52.8 Å². The quantitative estimate of drug-likeness (QED) is 0.719. The fourth-order valence-electron chi connectivity index (χ4n) is 2.67. The van der Waals surface area contributed by atoms with Gasteiger partial charge in [-0.2, -0.15) is 5.10 Å². The summed E-state index contributed by atoms with van der Waals surface area (Å²) in [4.78, 5) is 12.5. The van der Waals surface area contributed by atoms with Crippen molar-refractivity contribution in [1.82, 2.24) is 20.0 Å². The van der Waals surface area contributed by atoms with Crippen molar-refractivity contribution in [2.75, 3.05) is 5.32 Å². The largest absolute Gasteiger partial charge is 0.295 e. The molecule has 7 heteroatoms.